The summed E-state index contributed by atoms with van der Waals surface area (Å²) in [7, 11) is 1.22. The van der Waals surface area contributed by atoms with Gasteiger partial charge >= 0.3 is 5.97 Å². The first-order valence-electron chi connectivity index (χ1n) is 5.63. The molecule has 0 saturated carbocycles. The first-order chi connectivity index (χ1) is 8.11. The Balaban J connectivity index is 3.07. The summed E-state index contributed by atoms with van der Waals surface area (Å²) < 4.78 is 31.8. The molecule has 0 N–H and O–H groups in total. The molecule has 0 radical (unpaired) electrons. The van der Waals surface area contributed by atoms with Gasteiger partial charge in [-0.05, 0) is 18.6 Å². The lowest BCUT2D eigenvalue weighted by Gasteiger charge is -2.16. The van der Waals surface area contributed by atoms with Crippen molar-refractivity contribution in [2.24, 2.45) is 0 Å². The highest BCUT2D eigenvalue weighted by Crippen LogP contribution is 2.28. The first-order valence-corrected chi connectivity index (χ1v) is 5.63. The number of rotatable bonds is 5. The van der Waals surface area contributed by atoms with E-state index in [4.69, 9.17) is 0 Å². The zero-order chi connectivity index (χ0) is 12.8. The molecule has 0 aromatic heterocycles. The summed E-state index contributed by atoms with van der Waals surface area (Å²) >= 11 is 0. The summed E-state index contributed by atoms with van der Waals surface area (Å²) in [5.74, 6) is -2.85. The molecule has 1 atom stereocenters. The quantitative estimate of drug-likeness (QED) is 0.739. The van der Waals surface area contributed by atoms with Crippen molar-refractivity contribution in [3.05, 3.63) is 35.4 Å². The second-order valence-corrected chi connectivity index (χ2v) is 3.85. The molecule has 2 nitrogen and oxygen atoms in total. The summed E-state index contributed by atoms with van der Waals surface area (Å²) in [6, 6.07) is 3.59. The second-order valence-electron chi connectivity index (χ2n) is 3.85. The van der Waals surface area contributed by atoms with Gasteiger partial charge in [-0.15, -0.1) is 0 Å². The average Bonchev–Trinajstić information content (AvgIpc) is 2.32. The van der Waals surface area contributed by atoms with E-state index in [-0.39, 0.29) is 5.56 Å². The number of carbonyl (C=O) groups excluding carboxylic acids is 1. The van der Waals surface area contributed by atoms with Crippen LogP contribution in [0.25, 0.3) is 0 Å². The van der Waals surface area contributed by atoms with Gasteiger partial charge in [0.25, 0.3) is 0 Å². The highest BCUT2D eigenvalue weighted by Gasteiger charge is 2.26. The van der Waals surface area contributed by atoms with Gasteiger partial charge in [0.2, 0.25) is 0 Å². The highest BCUT2D eigenvalue weighted by atomic mass is 19.1. The molecular weight excluding hydrogens is 226 g/mol. The van der Waals surface area contributed by atoms with E-state index in [1.165, 1.54) is 13.2 Å². The monoisotopic (exact) mass is 242 g/mol. The Kier molecular flexibility index (Phi) is 5.07. The Morgan fingerprint density at radius 3 is 2.41 bits per heavy atom. The smallest absolute Gasteiger partial charge is 0.313 e. The van der Waals surface area contributed by atoms with Crippen LogP contribution in [0.4, 0.5) is 8.78 Å². The molecule has 0 saturated heterocycles. The summed E-state index contributed by atoms with van der Waals surface area (Å²) in [6.45, 7) is 1.95. The van der Waals surface area contributed by atoms with E-state index in [0.717, 1.165) is 18.6 Å². The van der Waals surface area contributed by atoms with Crippen molar-refractivity contribution in [2.75, 3.05) is 7.11 Å². The fourth-order valence-electron chi connectivity index (χ4n) is 1.77. The maximum absolute atomic E-state index is 13.6. The number of hydrogen-bond acceptors (Lipinski definition) is 2. The zero-order valence-electron chi connectivity index (χ0n) is 10.0. The van der Waals surface area contributed by atoms with Gasteiger partial charge in [0.1, 0.15) is 11.6 Å². The topological polar surface area (TPSA) is 26.3 Å². The molecule has 1 unspecified atom stereocenters. The molecule has 0 spiro atoms. The third-order valence-corrected chi connectivity index (χ3v) is 2.68. The third-order valence-electron chi connectivity index (χ3n) is 2.68. The summed E-state index contributed by atoms with van der Waals surface area (Å²) in [5, 5.41) is 0. The van der Waals surface area contributed by atoms with Crippen LogP contribution in [0.5, 0.6) is 0 Å². The lowest BCUT2D eigenvalue weighted by molar-refractivity contribution is -0.142. The number of unbranched alkanes of at least 4 members (excludes halogenated alkanes) is 1. The van der Waals surface area contributed by atoms with Gasteiger partial charge in [-0.1, -0.05) is 25.8 Å². The summed E-state index contributed by atoms with van der Waals surface area (Å²) in [5.41, 5.74) is -0.187. The van der Waals surface area contributed by atoms with Crippen molar-refractivity contribution in [1.29, 1.82) is 0 Å². The van der Waals surface area contributed by atoms with E-state index < -0.39 is 23.5 Å². The molecule has 0 heterocycles. The van der Waals surface area contributed by atoms with Crippen LogP contribution in [0.1, 0.15) is 37.7 Å². The van der Waals surface area contributed by atoms with Gasteiger partial charge in [0.15, 0.2) is 0 Å². The van der Waals surface area contributed by atoms with E-state index in [0.29, 0.717) is 12.8 Å². The molecule has 1 aromatic rings. The van der Waals surface area contributed by atoms with Crippen molar-refractivity contribution >= 4 is 5.97 Å². The molecule has 0 aliphatic rings. The average molecular weight is 242 g/mol. The van der Waals surface area contributed by atoms with Crippen LogP contribution in [-0.2, 0) is 9.53 Å². The van der Waals surface area contributed by atoms with Crippen LogP contribution in [0.15, 0.2) is 18.2 Å². The normalized spacial score (nSPS) is 12.2. The van der Waals surface area contributed by atoms with Gasteiger partial charge in [0, 0.05) is 5.56 Å². The molecule has 1 aromatic carbocycles. The van der Waals surface area contributed by atoms with Gasteiger partial charge in [0.05, 0.1) is 13.0 Å². The Morgan fingerprint density at radius 1 is 1.35 bits per heavy atom. The Labute approximate surface area is 99.6 Å². The van der Waals surface area contributed by atoms with Crippen LogP contribution in [0.3, 0.4) is 0 Å². The number of hydrogen-bond donors (Lipinski definition) is 0. The van der Waals surface area contributed by atoms with Crippen molar-refractivity contribution in [2.45, 2.75) is 32.1 Å². The fraction of sp³-hybridized carbons (Fsp3) is 0.462. The van der Waals surface area contributed by atoms with E-state index in [9.17, 15) is 13.6 Å². The largest absolute Gasteiger partial charge is 0.469 e. The minimum absolute atomic E-state index is 0.187. The van der Waals surface area contributed by atoms with Crippen molar-refractivity contribution in [3.63, 3.8) is 0 Å². The minimum atomic E-state index is -0.860. The van der Waals surface area contributed by atoms with Gasteiger partial charge in [-0.2, -0.15) is 0 Å². The fourth-order valence-corrected chi connectivity index (χ4v) is 1.77. The standard InChI is InChI=1S/C13H16F2O2/c1-3-4-6-9(13(16)17-2)12-10(14)7-5-8-11(12)15/h5,7-9H,3-4,6H2,1-2H3. The van der Waals surface area contributed by atoms with E-state index >= 15 is 0 Å². The lowest BCUT2D eigenvalue weighted by atomic mass is 9.93. The molecule has 0 bridgehead atoms. The zero-order valence-corrected chi connectivity index (χ0v) is 10.0. The number of carbonyl (C=O) groups is 1. The van der Waals surface area contributed by atoms with Gasteiger partial charge < -0.3 is 4.74 Å². The molecule has 4 heteroatoms. The number of methoxy groups -OCH3 is 1. The maximum Gasteiger partial charge on any atom is 0.313 e. The molecule has 0 aliphatic carbocycles. The van der Waals surface area contributed by atoms with E-state index in [2.05, 4.69) is 4.74 Å². The van der Waals surface area contributed by atoms with E-state index in [1.54, 1.807) is 0 Å². The van der Waals surface area contributed by atoms with Crippen molar-refractivity contribution in [3.8, 4) is 0 Å². The molecule has 17 heavy (non-hydrogen) atoms. The van der Waals surface area contributed by atoms with E-state index in [1.807, 2.05) is 6.92 Å². The summed E-state index contributed by atoms with van der Waals surface area (Å²) in [6.07, 6.45) is 1.96. The van der Waals surface area contributed by atoms with Crippen LogP contribution in [0, 0.1) is 11.6 Å². The molecule has 0 aliphatic heterocycles. The molecule has 94 valence electrons. The highest BCUT2D eigenvalue weighted by molar-refractivity contribution is 5.78. The Bertz CT molecular complexity index is 371. The predicted octanol–water partition coefficient (Wildman–Crippen LogP) is 3.41. The van der Waals surface area contributed by atoms with Gasteiger partial charge in [-0.3, -0.25) is 4.79 Å². The van der Waals surface area contributed by atoms with Crippen LogP contribution >= 0.6 is 0 Å². The molecule has 0 amide bonds. The predicted molar refractivity (Wildman–Crippen MR) is 60.6 cm³/mol. The number of ether oxygens (including phenoxy) is 1. The van der Waals surface area contributed by atoms with Crippen LogP contribution < -0.4 is 0 Å². The van der Waals surface area contributed by atoms with Crippen LogP contribution in [-0.4, -0.2) is 13.1 Å². The Morgan fingerprint density at radius 2 is 1.94 bits per heavy atom. The number of benzene rings is 1. The number of esters is 1. The SMILES string of the molecule is CCCCC(C(=O)OC)c1c(F)cccc1F. The minimum Gasteiger partial charge on any atom is -0.469 e. The lowest BCUT2D eigenvalue weighted by Crippen LogP contribution is -2.17. The summed E-state index contributed by atoms with van der Waals surface area (Å²) in [4.78, 5) is 11.6. The maximum atomic E-state index is 13.6. The third kappa shape index (κ3) is 3.25. The molecular formula is C13H16F2O2. The van der Waals surface area contributed by atoms with Crippen molar-refractivity contribution < 1.29 is 18.3 Å². The molecule has 1 rings (SSSR count). The Hall–Kier alpha value is -1.45. The second kappa shape index (κ2) is 6.33. The number of halogens is 2. The van der Waals surface area contributed by atoms with Gasteiger partial charge in [-0.25, -0.2) is 8.78 Å². The molecule has 0 fully saturated rings. The van der Waals surface area contributed by atoms with Crippen LogP contribution in [0.2, 0.25) is 0 Å². The first kappa shape index (κ1) is 13.6. The van der Waals surface area contributed by atoms with Crippen molar-refractivity contribution in [1.82, 2.24) is 0 Å².